The van der Waals surface area contributed by atoms with Crippen LogP contribution in [-0.2, 0) is 9.47 Å². The minimum atomic E-state index is -0.167. The van der Waals surface area contributed by atoms with Gasteiger partial charge in [0.05, 0.1) is 18.2 Å². The van der Waals surface area contributed by atoms with Crippen LogP contribution in [0.4, 0.5) is 0 Å². The van der Waals surface area contributed by atoms with Gasteiger partial charge in [0.1, 0.15) is 0 Å². The molecule has 0 aliphatic carbocycles. The fourth-order valence-corrected chi connectivity index (χ4v) is 1.27. The van der Waals surface area contributed by atoms with E-state index in [2.05, 4.69) is 19.2 Å². The number of hydrogen-bond donors (Lipinski definition) is 1. The van der Waals surface area contributed by atoms with Crippen molar-refractivity contribution >= 4 is 0 Å². The minimum Gasteiger partial charge on any atom is -0.383 e. The van der Waals surface area contributed by atoms with Crippen molar-refractivity contribution in [2.75, 3.05) is 27.4 Å². The molecule has 0 aliphatic heterocycles. The summed E-state index contributed by atoms with van der Waals surface area (Å²) in [5.41, 5.74) is -0.167. The number of nitrogens with one attached hydrogen (secondary N) is 1. The number of ether oxygens (including phenoxy) is 2. The van der Waals surface area contributed by atoms with Crippen molar-refractivity contribution in [3.63, 3.8) is 0 Å². The van der Waals surface area contributed by atoms with Crippen molar-refractivity contribution in [2.45, 2.75) is 32.4 Å². The van der Waals surface area contributed by atoms with E-state index in [1.807, 2.05) is 14.0 Å². The van der Waals surface area contributed by atoms with Gasteiger partial charge in [-0.3, -0.25) is 0 Å². The average Bonchev–Trinajstić information content (AvgIpc) is 1.99. The van der Waals surface area contributed by atoms with Gasteiger partial charge in [-0.1, -0.05) is 0 Å². The maximum Gasteiger partial charge on any atom is 0.0801 e. The van der Waals surface area contributed by atoms with Gasteiger partial charge >= 0.3 is 0 Å². The molecule has 3 heteroatoms. The highest BCUT2D eigenvalue weighted by atomic mass is 16.5. The normalized spacial score (nSPS) is 14.8. The number of hydrogen-bond acceptors (Lipinski definition) is 3. The van der Waals surface area contributed by atoms with Crippen molar-refractivity contribution < 1.29 is 9.47 Å². The molecule has 0 fully saturated rings. The van der Waals surface area contributed by atoms with Gasteiger partial charge in [-0.05, 0) is 27.8 Å². The molecule has 0 spiro atoms. The number of methoxy groups -OCH3 is 1. The lowest BCUT2D eigenvalue weighted by atomic mass is 9.99. The van der Waals surface area contributed by atoms with E-state index in [-0.39, 0.29) is 11.6 Å². The van der Waals surface area contributed by atoms with E-state index in [0.717, 1.165) is 6.61 Å². The van der Waals surface area contributed by atoms with Crippen LogP contribution in [0.15, 0.2) is 0 Å². The Hall–Kier alpha value is -0.120. The molecule has 0 aromatic rings. The maximum absolute atomic E-state index is 5.59. The Morgan fingerprint density at radius 1 is 1.42 bits per heavy atom. The first-order chi connectivity index (χ1) is 5.58. The van der Waals surface area contributed by atoms with Crippen LogP contribution < -0.4 is 5.32 Å². The molecule has 0 aromatic heterocycles. The van der Waals surface area contributed by atoms with E-state index in [4.69, 9.17) is 9.47 Å². The molecule has 12 heavy (non-hydrogen) atoms. The SMILES string of the molecule is CCOC(C)(C)C(COC)NC. The molecule has 0 heterocycles. The first-order valence-electron chi connectivity index (χ1n) is 4.38. The van der Waals surface area contributed by atoms with E-state index in [1.54, 1.807) is 7.11 Å². The highest BCUT2D eigenvalue weighted by molar-refractivity contribution is 4.84. The summed E-state index contributed by atoms with van der Waals surface area (Å²) in [5, 5.41) is 3.18. The molecular weight excluding hydrogens is 154 g/mol. The fraction of sp³-hybridized carbons (Fsp3) is 1.00. The van der Waals surface area contributed by atoms with Crippen molar-refractivity contribution in [2.24, 2.45) is 0 Å². The predicted octanol–water partition coefficient (Wildman–Crippen LogP) is 1.04. The van der Waals surface area contributed by atoms with E-state index >= 15 is 0 Å². The zero-order chi connectivity index (χ0) is 9.61. The third kappa shape index (κ3) is 3.52. The summed E-state index contributed by atoms with van der Waals surface area (Å²) in [4.78, 5) is 0. The second kappa shape index (κ2) is 5.51. The summed E-state index contributed by atoms with van der Waals surface area (Å²) in [7, 11) is 3.62. The Balaban J connectivity index is 4.05. The molecule has 0 saturated heterocycles. The van der Waals surface area contributed by atoms with Crippen LogP contribution in [0.3, 0.4) is 0 Å². The molecule has 0 bridgehead atoms. The van der Waals surface area contributed by atoms with Gasteiger partial charge in [0, 0.05) is 13.7 Å². The smallest absolute Gasteiger partial charge is 0.0801 e. The molecule has 74 valence electrons. The van der Waals surface area contributed by atoms with E-state index in [0.29, 0.717) is 6.61 Å². The summed E-state index contributed by atoms with van der Waals surface area (Å²) in [6.45, 7) is 7.53. The molecule has 1 atom stereocenters. The quantitative estimate of drug-likeness (QED) is 0.654. The lowest BCUT2D eigenvalue weighted by molar-refractivity contribution is -0.0533. The molecule has 1 unspecified atom stereocenters. The first-order valence-corrected chi connectivity index (χ1v) is 4.38. The van der Waals surface area contributed by atoms with Crippen LogP contribution in [-0.4, -0.2) is 39.0 Å². The summed E-state index contributed by atoms with van der Waals surface area (Å²) < 4.78 is 10.7. The maximum atomic E-state index is 5.59. The lowest BCUT2D eigenvalue weighted by Gasteiger charge is -2.33. The van der Waals surface area contributed by atoms with E-state index < -0.39 is 0 Å². The largest absolute Gasteiger partial charge is 0.383 e. The molecule has 0 aliphatic rings. The van der Waals surface area contributed by atoms with Crippen LogP contribution in [0.5, 0.6) is 0 Å². The highest BCUT2D eigenvalue weighted by Crippen LogP contribution is 2.14. The van der Waals surface area contributed by atoms with Crippen molar-refractivity contribution in [3.05, 3.63) is 0 Å². The summed E-state index contributed by atoms with van der Waals surface area (Å²) in [6, 6.07) is 0.238. The van der Waals surface area contributed by atoms with Crippen molar-refractivity contribution in [3.8, 4) is 0 Å². The Kier molecular flexibility index (Phi) is 5.46. The summed E-state index contributed by atoms with van der Waals surface area (Å²) in [6.07, 6.45) is 0. The van der Waals surface area contributed by atoms with Gasteiger partial charge in [0.2, 0.25) is 0 Å². The average molecular weight is 175 g/mol. The van der Waals surface area contributed by atoms with Gasteiger partial charge in [0.15, 0.2) is 0 Å². The molecule has 0 radical (unpaired) electrons. The standard InChI is InChI=1S/C9H21NO2/c1-6-12-9(2,3)8(10-4)7-11-5/h8,10H,6-7H2,1-5H3. The Morgan fingerprint density at radius 3 is 2.33 bits per heavy atom. The van der Waals surface area contributed by atoms with E-state index in [1.165, 1.54) is 0 Å². The Labute approximate surface area is 75.4 Å². The summed E-state index contributed by atoms with van der Waals surface area (Å²) in [5.74, 6) is 0. The second-order valence-corrected chi connectivity index (χ2v) is 3.33. The van der Waals surface area contributed by atoms with Crippen LogP contribution in [0, 0.1) is 0 Å². The highest BCUT2D eigenvalue weighted by Gasteiger charge is 2.28. The third-order valence-corrected chi connectivity index (χ3v) is 2.04. The fourth-order valence-electron chi connectivity index (χ4n) is 1.27. The van der Waals surface area contributed by atoms with Crippen LogP contribution >= 0.6 is 0 Å². The minimum absolute atomic E-state index is 0.167. The van der Waals surface area contributed by atoms with Gasteiger partial charge in [-0.15, -0.1) is 0 Å². The zero-order valence-corrected chi connectivity index (χ0v) is 8.81. The first kappa shape index (κ1) is 11.9. The van der Waals surface area contributed by atoms with Gasteiger partial charge in [0.25, 0.3) is 0 Å². The lowest BCUT2D eigenvalue weighted by Crippen LogP contribution is -2.49. The predicted molar refractivity (Wildman–Crippen MR) is 50.4 cm³/mol. The van der Waals surface area contributed by atoms with Crippen LogP contribution in [0.25, 0.3) is 0 Å². The molecule has 0 aromatic carbocycles. The van der Waals surface area contributed by atoms with Crippen molar-refractivity contribution in [1.29, 1.82) is 0 Å². The number of likely N-dealkylation sites (N-methyl/N-ethyl adjacent to an activating group) is 1. The number of rotatable bonds is 6. The molecule has 0 amide bonds. The second-order valence-electron chi connectivity index (χ2n) is 3.33. The van der Waals surface area contributed by atoms with Gasteiger partial charge < -0.3 is 14.8 Å². The van der Waals surface area contributed by atoms with Crippen LogP contribution in [0.2, 0.25) is 0 Å². The van der Waals surface area contributed by atoms with Gasteiger partial charge in [-0.25, -0.2) is 0 Å². The topological polar surface area (TPSA) is 30.5 Å². The zero-order valence-electron chi connectivity index (χ0n) is 8.81. The molecule has 0 saturated carbocycles. The molecule has 3 nitrogen and oxygen atoms in total. The molecule has 1 N–H and O–H groups in total. The van der Waals surface area contributed by atoms with E-state index in [9.17, 15) is 0 Å². The van der Waals surface area contributed by atoms with Crippen LogP contribution in [0.1, 0.15) is 20.8 Å². The van der Waals surface area contributed by atoms with Gasteiger partial charge in [-0.2, -0.15) is 0 Å². The molecule has 0 rings (SSSR count). The van der Waals surface area contributed by atoms with Crippen molar-refractivity contribution in [1.82, 2.24) is 5.32 Å². The Bertz CT molecular complexity index is 115. The third-order valence-electron chi connectivity index (χ3n) is 2.04. The monoisotopic (exact) mass is 175 g/mol. The molecular formula is C9H21NO2. The summed E-state index contributed by atoms with van der Waals surface area (Å²) >= 11 is 0. The Morgan fingerprint density at radius 2 is 2.00 bits per heavy atom.